The predicted octanol–water partition coefficient (Wildman–Crippen LogP) is 10.7. The quantitative estimate of drug-likeness (QED) is 0.0672. The van der Waals surface area contributed by atoms with Crippen LogP contribution >= 0.6 is 0 Å². The second-order valence-corrected chi connectivity index (χ2v) is 15.2. The Balaban J connectivity index is 1.05. The van der Waals surface area contributed by atoms with E-state index in [9.17, 15) is 14.4 Å². The maximum absolute atomic E-state index is 14.9. The zero-order valence-corrected chi connectivity index (χ0v) is 34.7. The van der Waals surface area contributed by atoms with Crippen molar-refractivity contribution >= 4 is 17.7 Å². The summed E-state index contributed by atoms with van der Waals surface area (Å²) in [4.78, 5) is 42.5. The number of esters is 1. The van der Waals surface area contributed by atoms with Gasteiger partial charge in [-0.05, 0) is 90.0 Å². The van der Waals surface area contributed by atoms with Gasteiger partial charge in [0.2, 0.25) is 5.78 Å². The molecule has 63 heavy (non-hydrogen) atoms. The third kappa shape index (κ3) is 11.2. The molecule has 0 heterocycles. The fourth-order valence-corrected chi connectivity index (χ4v) is 7.41. The maximum Gasteiger partial charge on any atom is 0.338 e. The molecule has 0 radical (unpaired) electrons. The summed E-state index contributed by atoms with van der Waals surface area (Å²) in [5, 5.41) is 3.08. The van der Waals surface area contributed by atoms with Gasteiger partial charge < -0.3 is 29.0 Å². The normalized spacial score (nSPS) is 14.3. The molecule has 8 rings (SSSR count). The molecule has 0 aliphatic heterocycles. The highest BCUT2D eigenvalue weighted by molar-refractivity contribution is 6.14. The first-order chi connectivity index (χ1) is 31.0. The van der Waals surface area contributed by atoms with Crippen LogP contribution in [0.2, 0.25) is 0 Å². The summed E-state index contributed by atoms with van der Waals surface area (Å²) in [6.07, 6.45) is 1.37. The van der Waals surface area contributed by atoms with Gasteiger partial charge in [0.15, 0.2) is 0 Å². The largest absolute Gasteiger partial charge is 0.489 e. The number of carbonyl (C=O) groups is 3. The Bertz CT molecular complexity index is 2540. The fourth-order valence-electron chi connectivity index (χ4n) is 7.41. The molecular weight excluding hydrogens is 791 g/mol. The Morgan fingerprint density at radius 3 is 1.46 bits per heavy atom. The highest BCUT2D eigenvalue weighted by Gasteiger charge is 2.33. The molecule has 7 aromatic rings. The Hall–Kier alpha value is -7.65. The number of benzene rings is 7. The van der Waals surface area contributed by atoms with E-state index >= 15 is 0 Å². The summed E-state index contributed by atoms with van der Waals surface area (Å²) in [6.45, 7) is 0.894. The maximum atomic E-state index is 14.9. The minimum Gasteiger partial charge on any atom is -0.489 e. The van der Waals surface area contributed by atoms with Crippen molar-refractivity contribution in [2.75, 3.05) is 0 Å². The van der Waals surface area contributed by atoms with Crippen molar-refractivity contribution < 1.29 is 38.1 Å². The molecule has 1 saturated carbocycles. The smallest absolute Gasteiger partial charge is 0.338 e. The molecule has 9 nitrogen and oxygen atoms in total. The number of amides is 1. The van der Waals surface area contributed by atoms with Crippen molar-refractivity contribution in [2.24, 2.45) is 0 Å². The highest BCUT2D eigenvalue weighted by atomic mass is 16.5. The zero-order valence-electron chi connectivity index (χ0n) is 34.7. The van der Waals surface area contributed by atoms with Crippen LogP contribution in [0.25, 0.3) is 0 Å². The molecule has 1 amide bonds. The molecule has 1 aliphatic rings. The number of ether oxygens (including phenoxy) is 5. The first-order valence-electron chi connectivity index (χ1n) is 21.1. The van der Waals surface area contributed by atoms with Gasteiger partial charge in [-0.25, -0.2) is 4.79 Å². The number of para-hydroxylation sites is 1. The van der Waals surface area contributed by atoms with Crippen molar-refractivity contribution in [3.8, 4) is 23.0 Å². The lowest BCUT2D eigenvalue weighted by Gasteiger charge is -2.22. The predicted molar refractivity (Wildman–Crippen MR) is 240 cm³/mol. The molecule has 0 bridgehead atoms. The van der Waals surface area contributed by atoms with E-state index in [0.717, 1.165) is 28.7 Å². The van der Waals surface area contributed by atoms with Crippen LogP contribution in [0, 0.1) is 0 Å². The van der Waals surface area contributed by atoms with Crippen molar-refractivity contribution in [1.29, 1.82) is 0 Å². The van der Waals surface area contributed by atoms with E-state index < -0.39 is 23.9 Å². The summed E-state index contributed by atoms with van der Waals surface area (Å²) in [7, 11) is 0. The number of rotatable bonds is 18. The van der Waals surface area contributed by atoms with Crippen molar-refractivity contribution in [3.05, 3.63) is 226 Å². The van der Waals surface area contributed by atoms with E-state index in [1.807, 2.05) is 127 Å². The lowest BCUT2D eigenvalue weighted by molar-refractivity contribution is 0.0249. The van der Waals surface area contributed by atoms with Gasteiger partial charge >= 0.3 is 5.97 Å². The molecule has 0 aromatic heterocycles. The summed E-state index contributed by atoms with van der Waals surface area (Å²) < 4.78 is 31.2. The van der Waals surface area contributed by atoms with E-state index in [2.05, 4.69) is 5.32 Å². The fraction of sp³-hybridized carbons (Fsp3) is 0.167. The zero-order chi connectivity index (χ0) is 43.2. The Morgan fingerprint density at radius 1 is 0.476 bits per heavy atom. The third-order valence-electron chi connectivity index (χ3n) is 10.8. The molecule has 2 atom stereocenters. The van der Waals surface area contributed by atoms with E-state index in [1.165, 1.54) is 12.1 Å². The lowest BCUT2D eigenvalue weighted by atomic mass is 9.98. The average Bonchev–Trinajstić information content (AvgIpc) is 3.78. The second kappa shape index (κ2) is 20.7. The Labute approximate surface area is 367 Å². The number of carbonyl (C=O) groups excluding carboxylic acids is 3. The third-order valence-corrected chi connectivity index (χ3v) is 10.8. The van der Waals surface area contributed by atoms with E-state index in [0.29, 0.717) is 42.1 Å². The van der Waals surface area contributed by atoms with Crippen LogP contribution in [0.4, 0.5) is 0 Å². The SMILES string of the molecule is O=C(N[C@@H]1CCC[C@H]1OC(=O)c1cc(OCc2ccccc2)c(C(=O)c2ccccc2OCc2ccccc2)c(OCc2ccccc2)c1)c1ccc(OCc2ccccc2)cc1. The van der Waals surface area contributed by atoms with Crippen LogP contribution in [-0.4, -0.2) is 29.8 Å². The van der Waals surface area contributed by atoms with Crippen molar-refractivity contribution in [1.82, 2.24) is 5.32 Å². The van der Waals surface area contributed by atoms with Crippen LogP contribution < -0.4 is 24.3 Å². The number of ketones is 1. The number of hydrogen-bond acceptors (Lipinski definition) is 8. The van der Waals surface area contributed by atoms with Gasteiger partial charge in [0.25, 0.3) is 5.91 Å². The van der Waals surface area contributed by atoms with Gasteiger partial charge in [0.1, 0.15) is 61.1 Å². The summed E-state index contributed by atoms with van der Waals surface area (Å²) in [5.41, 5.74) is 4.75. The highest BCUT2D eigenvalue weighted by Crippen LogP contribution is 2.37. The molecule has 1 fully saturated rings. The van der Waals surface area contributed by atoms with Gasteiger partial charge in [-0.15, -0.1) is 0 Å². The number of nitrogens with one attached hydrogen (secondary N) is 1. The first-order valence-corrected chi connectivity index (χ1v) is 21.1. The molecule has 0 saturated heterocycles. The van der Waals surface area contributed by atoms with Crippen molar-refractivity contribution in [2.45, 2.75) is 57.8 Å². The standard InChI is InChI=1S/C54H47NO8/c56-52(45-24-13-14-26-47(45)60-35-39-18-7-2-8-19-39)51-49(61-36-40-20-9-3-10-21-40)32-43(33-50(51)62-37-41-22-11-4-12-23-41)54(58)63-48-27-15-25-46(48)55-53(57)42-28-30-44(31-29-42)59-34-38-16-5-1-6-17-38/h1-14,16-24,26,28-33,46,48H,15,25,27,34-37H2,(H,55,57)/t46-,48-/m1/s1. The van der Waals surface area contributed by atoms with E-state index in [1.54, 1.807) is 42.5 Å². The molecule has 316 valence electrons. The van der Waals surface area contributed by atoms with Crippen molar-refractivity contribution in [3.63, 3.8) is 0 Å². The van der Waals surface area contributed by atoms with Crippen LogP contribution in [0.1, 0.15) is 78.2 Å². The van der Waals surface area contributed by atoms with Gasteiger partial charge in [-0.1, -0.05) is 133 Å². The monoisotopic (exact) mass is 837 g/mol. The minimum atomic E-state index is -0.638. The average molecular weight is 838 g/mol. The van der Waals surface area contributed by atoms with E-state index in [4.69, 9.17) is 23.7 Å². The summed E-state index contributed by atoms with van der Waals surface area (Å²) in [6, 6.07) is 55.4. The topological polar surface area (TPSA) is 109 Å². The first kappa shape index (κ1) is 42.1. The molecule has 1 aliphatic carbocycles. The van der Waals surface area contributed by atoms with Gasteiger partial charge in [-0.2, -0.15) is 0 Å². The molecule has 9 heteroatoms. The Kier molecular flexibility index (Phi) is 13.8. The van der Waals surface area contributed by atoms with Gasteiger partial charge in [0, 0.05) is 5.56 Å². The molecule has 1 N–H and O–H groups in total. The Morgan fingerprint density at radius 2 is 0.937 bits per heavy atom. The van der Waals surface area contributed by atoms with Crippen LogP contribution in [0.5, 0.6) is 23.0 Å². The van der Waals surface area contributed by atoms with Gasteiger partial charge in [0.05, 0.1) is 17.2 Å². The van der Waals surface area contributed by atoms with E-state index in [-0.39, 0.29) is 48.4 Å². The molecular formula is C54H47NO8. The second-order valence-electron chi connectivity index (χ2n) is 15.2. The van der Waals surface area contributed by atoms with Crippen LogP contribution in [0.15, 0.2) is 182 Å². The molecule has 7 aromatic carbocycles. The number of hydrogen-bond donors (Lipinski definition) is 1. The molecule has 0 unspecified atom stereocenters. The van der Waals surface area contributed by atoms with Crippen LogP contribution in [0.3, 0.4) is 0 Å². The minimum absolute atomic E-state index is 0.112. The molecule has 0 spiro atoms. The summed E-state index contributed by atoms with van der Waals surface area (Å²) in [5.74, 6) is 0.00929. The summed E-state index contributed by atoms with van der Waals surface area (Å²) >= 11 is 0. The van der Waals surface area contributed by atoms with Crippen LogP contribution in [-0.2, 0) is 31.2 Å². The van der Waals surface area contributed by atoms with Gasteiger partial charge in [-0.3, -0.25) is 9.59 Å². The lowest BCUT2D eigenvalue weighted by Crippen LogP contribution is -2.42.